The van der Waals surface area contributed by atoms with E-state index in [2.05, 4.69) is 20.7 Å². The van der Waals surface area contributed by atoms with Crippen LogP contribution in [0.5, 0.6) is 0 Å². The summed E-state index contributed by atoms with van der Waals surface area (Å²) in [5, 5.41) is 0. The van der Waals surface area contributed by atoms with Crippen molar-refractivity contribution in [1.82, 2.24) is 4.72 Å². The highest BCUT2D eigenvalue weighted by Crippen LogP contribution is 2.20. The van der Waals surface area contributed by atoms with Gasteiger partial charge in [0, 0.05) is 16.3 Å². The molecule has 0 heterocycles. The smallest absolute Gasteiger partial charge is 0.208 e. The summed E-state index contributed by atoms with van der Waals surface area (Å²) in [6, 6.07) is 4.95. The average molecular weight is 338 g/mol. The Morgan fingerprint density at radius 3 is 2.65 bits per heavy atom. The Bertz CT molecular complexity index is 488. The fourth-order valence-corrected chi connectivity index (χ4v) is 3.66. The van der Waals surface area contributed by atoms with E-state index >= 15 is 0 Å². The van der Waals surface area contributed by atoms with Crippen molar-refractivity contribution in [3.05, 3.63) is 28.2 Å². The number of rotatable bonds is 5. The second-order valence-corrected chi connectivity index (χ2v) is 7.37. The van der Waals surface area contributed by atoms with Crippen LogP contribution in [0.15, 0.2) is 27.6 Å². The quantitative estimate of drug-likeness (QED) is 0.898. The highest BCUT2D eigenvalue weighted by Gasteiger charge is 2.17. The molecule has 1 unspecified atom stereocenters. The molecule has 1 atom stereocenters. The number of thioether (sulfide) groups is 1. The van der Waals surface area contributed by atoms with Crippen molar-refractivity contribution in [2.75, 3.05) is 12.0 Å². The van der Waals surface area contributed by atoms with Crippen LogP contribution < -0.4 is 4.72 Å². The molecular weight excluding hydrogens is 322 g/mol. The lowest BCUT2D eigenvalue weighted by Crippen LogP contribution is -2.34. The first-order valence-corrected chi connectivity index (χ1v) is 8.81. The van der Waals surface area contributed by atoms with Gasteiger partial charge in [0.05, 0.1) is 4.90 Å². The van der Waals surface area contributed by atoms with Gasteiger partial charge in [-0.15, -0.1) is 0 Å². The third-order valence-electron chi connectivity index (χ3n) is 2.21. The van der Waals surface area contributed by atoms with Crippen molar-refractivity contribution in [2.24, 2.45) is 0 Å². The summed E-state index contributed by atoms with van der Waals surface area (Å²) >= 11 is 4.97. The maximum Gasteiger partial charge on any atom is 0.240 e. The Labute approximate surface area is 116 Å². The van der Waals surface area contributed by atoms with E-state index in [0.29, 0.717) is 4.90 Å². The van der Waals surface area contributed by atoms with Gasteiger partial charge in [0.15, 0.2) is 0 Å². The van der Waals surface area contributed by atoms with E-state index in [1.807, 2.05) is 20.1 Å². The fourth-order valence-electron chi connectivity index (χ4n) is 1.40. The molecule has 0 saturated carbocycles. The Hall–Kier alpha value is -0.0400. The summed E-state index contributed by atoms with van der Waals surface area (Å²) in [6.45, 7) is 3.73. The largest absolute Gasteiger partial charge is 0.240 e. The summed E-state index contributed by atoms with van der Waals surface area (Å²) < 4.78 is 27.7. The Balaban J connectivity index is 2.93. The van der Waals surface area contributed by atoms with Crippen LogP contribution in [0.1, 0.15) is 12.5 Å². The standard InChI is InChI=1S/C11H16BrNO2S2/c1-8-6-10(4-5-11(8)12)17(14,15)13-9(2)7-16-3/h4-6,9,13H,7H2,1-3H3. The van der Waals surface area contributed by atoms with Crippen LogP contribution in [0.4, 0.5) is 0 Å². The van der Waals surface area contributed by atoms with Crippen LogP contribution in [0.25, 0.3) is 0 Å². The van der Waals surface area contributed by atoms with Crippen molar-refractivity contribution in [3.63, 3.8) is 0 Å². The molecule has 0 radical (unpaired) electrons. The highest BCUT2D eigenvalue weighted by atomic mass is 79.9. The molecule has 0 aromatic heterocycles. The molecule has 1 N–H and O–H groups in total. The minimum Gasteiger partial charge on any atom is -0.208 e. The number of benzene rings is 1. The second kappa shape index (κ2) is 6.22. The molecule has 0 aliphatic rings. The molecule has 0 saturated heterocycles. The zero-order chi connectivity index (χ0) is 13.1. The topological polar surface area (TPSA) is 46.2 Å². The summed E-state index contributed by atoms with van der Waals surface area (Å²) in [4.78, 5) is 0.311. The van der Waals surface area contributed by atoms with Crippen molar-refractivity contribution in [2.45, 2.75) is 24.8 Å². The molecule has 1 aromatic rings. The number of hydrogen-bond donors (Lipinski definition) is 1. The predicted octanol–water partition coefficient (Wildman–Crippen LogP) is 2.79. The summed E-state index contributed by atoms with van der Waals surface area (Å²) in [6.07, 6.45) is 1.95. The average Bonchev–Trinajstić information content (AvgIpc) is 2.21. The van der Waals surface area contributed by atoms with Crippen LogP contribution in [0, 0.1) is 6.92 Å². The van der Waals surface area contributed by atoms with Crippen LogP contribution in [-0.4, -0.2) is 26.5 Å². The molecule has 6 heteroatoms. The van der Waals surface area contributed by atoms with Crippen LogP contribution in [-0.2, 0) is 10.0 Å². The van der Waals surface area contributed by atoms with Gasteiger partial charge in [0.1, 0.15) is 0 Å². The zero-order valence-corrected chi connectivity index (χ0v) is 13.2. The molecule has 0 spiro atoms. The van der Waals surface area contributed by atoms with Gasteiger partial charge in [-0.1, -0.05) is 15.9 Å². The second-order valence-electron chi connectivity index (χ2n) is 3.89. The maximum atomic E-state index is 12.0. The Morgan fingerprint density at radius 2 is 2.12 bits per heavy atom. The van der Waals surface area contributed by atoms with E-state index in [0.717, 1.165) is 15.8 Å². The zero-order valence-electron chi connectivity index (χ0n) is 10.0. The number of nitrogens with one attached hydrogen (secondary N) is 1. The summed E-state index contributed by atoms with van der Waals surface area (Å²) in [7, 11) is -3.41. The molecule has 0 aliphatic carbocycles. The van der Waals surface area contributed by atoms with Gasteiger partial charge in [-0.25, -0.2) is 13.1 Å². The molecule has 96 valence electrons. The van der Waals surface area contributed by atoms with Crippen molar-refractivity contribution in [3.8, 4) is 0 Å². The lowest BCUT2D eigenvalue weighted by molar-refractivity contribution is 0.571. The maximum absolute atomic E-state index is 12.0. The Kier molecular flexibility index (Phi) is 5.50. The first-order valence-electron chi connectivity index (χ1n) is 5.14. The van der Waals surface area contributed by atoms with E-state index in [-0.39, 0.29) is 6.04 Å². The molecule has 3 nitrogen and oxygen atoms in total. The number of sulfonamides is 1. The predicted molar refractivity (Wildman–Crippen MR) is 77.0 cm³/mol. The number of halogens is 1. The van der Waals surface area contributed by atoms with Gasteiger partial charge in [0.2, 0.25) is 10.0 Å². The number of aryl methyl sites for hydroxylation is 1. The fraction of sp³-hybridized carbons (Fsp3) is 0.455. The number of hydrogen-bond acceptors (Lipinski definition) is 3. The van der Waals surface area contributed by atoms with Gasteiger partial charge in [0.25, 0.3) is 0 Å². The van der Waals surface area contributed by atoms with Crippen LogP contribution in [0.3, 0.4) is 0 Å². The SMILES string of the molecule is CSCC(C)NS(=O)(=O)c1ccc(Br)c(C)c1. The van der Waals surface area contributed by atoms with Crippen molar-refractivity contribution >= 4 is 37.7 Å². The van der Waals surface area contributed by atoms with E-state index in [1.165, 1.54) is 0 Å². The van der Waals surface area contributed by atoms with Crippen LogP contribution >= 0.6 is 27.7 Å². The highest BCUT2D eigenvalue weighted by molar-refractivity contribution is 9.10. The van der Waals surface area contributed by atoms with Gasteiger partial charge in [-0.05, 0) is 43.9 Å². The van der Waals surface area contributed by atoms with E-state index in [4.69, 9.17) is 0 Å². The third kappa shape index (κ3) is 4.28. The molecule has 17 heavy (non-hydrogen) atoms. The molecule has 0 fully saturated rings. The minimum atomic E-state index is -3.41. The van der Waals surface area contributed by atoms with E-state index < -0.39 is 10.0 Å². The Morgan fingerprint density at radius 1 is 1.47 bits per heavy atom. The molecule has 0 amide bonds. The monoisotopic (exact) mass is 337 g/mol. The van der Waals surface area contributed by atoms with Crippen molar-refractivity contribution in [1.29, 1.82) is 0 Å². The van der Waals surface area contributed by atoms with E-state index in [1.54, 1.807) is 30.0 Å². The van der Waals surface area contributed by atoms with Crippen LogP contribution in [0.2, 0.25) is 0 Å². The minimum absolute atomic E-state index is 0.0704. The molecular formula is C11H16BrNO2S2. The first-order chi connectivity index (χ1) is 7.86. The normalized spacial score (nSPS) is 13.6. The molecule has 0 bridgehead atoms. The molecule has 0 aliphatic heterocycles. The van der Waals surface area contributed by atoms with Gasteiger partial charge < -0.3 is 0 Å². The van der Waals surface area contributed by atoms with Gasteiger partial charge in [-0.2, -0.15) is 11.8 Å². The van der Waals surface area contributed by atoms with Gasteiger partial charge >= 0.3 is 0 Å². The third-order valence-corrected chi connectivity index (χ3v) is 5.52. The lowest BCUT2D eigenvalue weighted by atomic mass is 10.2. The summed E-state index contributed by atoms with van der Waals surface area (Å²) in [5.41, 5.74) is 0.908. The molecule has 1 rings (SSSR count). The summed E-state index contributed by atoms with van der Waals surface area (Å²) in [5.74, 6) is 0.759. The van der Waals surface area contributed by atoms with Gasteiger partial charge in [-0.3, -0.25) is 0 Å². The molecule has 1 aromatic carbocycles. The van der Waals surface area contributed by atoms with E-state index in [9.17, 15) is 8.42 Å². The van der Waals surface area contributed by atoms with Crippen molar-refractivity contribution < 1.29 is 8.42 Å². The lowest BCUT2D eigenvalue weighted by Gasteiger charge is -2.13. The first kappa shape index (κ1) is 15.0.